The zero-order chi connectivity index (χ0) is 35.0. The lowest BCUT2D eigenvalue weighted by Crippen LogP contribution is -2.65. The van der Waals surface area contributed by atoms with Gasteiger partial charge in [0.1, 0.15) is 5.60 Å². The van der Waals surface area contributed by atoms with E-state index in [0.29, 0.717) is 25.7 Å². The van der Waals surface area contributed by atoms with Gasteiger partial charge in [0.05, 0.1) is 0 Å². The molecule has 0 aromatic carbocycles. The average molecular weight is 652 g/mol. The molecule has 1 fully saturated rings. The first kappa shape index (κ1) is 41.6. The van der Waals surface area contributed by atoms with Crippen molar-refractivity contribution >= 4 is 29.7 Å². The zero-order valence-electron chi connectivity index (χ0n) is 30.1. The number of carboxylic acid groups (broad SMARTS) is 2. The van der Waals surface area contributed by atoms with E-state index in [2.05, 4.69) is 6.92 Å². The molecule has 0 aromatic rings. The molecule has 0 bridgehead atoms. The SMILES string of the molecule is CCCCCCCCCCCC(CCCCCCCCCC(C(=O)OC(C)(C)C)(N1C(=O)CCC1=O)C(C)(C)C)(C(=O)O)C(=O)O. The van der Waals surface area contributed by atoms with E-state index >= 15 is 0 Å². The number of hydrogen-bond donors (Lipinski definition) is 2. The number of carbonyl (C=O) groups excluding carboxylic acids is 3. The van der Waals surface area contributed by atoms with Crippen LogP contribution in [0.25, 0.3) is 0 Å². The van der Waals surface area contributed by atoms with Crippen molar-refractivity contribution in [3.05, 3.63) is 0 Å². The zero-order valence-corrected chi connectivity index (χ0v) is 30.1. The Hall–Kier alpha value is -2.45. The minimum Gasteiger partial charge on any atom is -0.480 e. The quantitative estimate of drug-likeness (QED) is 0.0457. The Kier molecular flexibility index (Phi) is 17.5. The largest absolute Gasteiger partial charge is 0.480 e. The summed E-state index contributed by atoms with van der Waals surface area (Å²) < 4.78 is 5.81. The summed E-state index contributed by atoms with van der Waals surface area (Å²) >= 11 is 0. The van der Waals surface area contributed by atoms with Crippen LogP contribution in [0.5, 0.6) is 0 Å². The fraction of sp³-hybridized carbons (Fsp3) is 0.865. The molecular weight excluding hydrogens is 586 g/mol. The second-order valence-corrected chi connectivity index (χ2v) is 15.5. The maximum atomic E-state index is 13.7. The second-order valence-electron chi connectivity index (χ2n) is 15.5. The first-order valence-electron chi connectivity index (χ1n) is 18.0. The number of hydrogen-bond acceptors (Lipinski definition) is 6. The van der Waals surface area contributed by atoms with Gasteiger partial charge in [-0.1, -0.05) is 130 Å². The van der Waals surface area contributed by atoms with Gasteiger partial charge in [-0.3, -0.25) is 24.1 Å². The smallest absolute Gasteiger partial charge is 0.333 e. The molecular formula is C37H65NO8. The Labute approximate surface area is 278 Å². The fourth-order valence-electron chi connectivity index (χ4n) is 6.76. The van der Waals surface area contributed by atoms with Crippen LogP contribution in [0.3, 0.4) is 0 Å². The second kappa shape index (κ2) is 19.4. The average Bonchev–Trinajstić information content (AvgIpc) is 3.27. The molecule has 0 spiro atoms. The molecule has 1 rings (SSSR count). The van der Waals surface area contributed by atoms with Gasteiger partial charge < -0.3 is 14.9 Å². The molecule has 46 heavy (non-hydrogen) atoms. The van der Waals surface area contributed by atoms with Crippen LogP contribution >= 0.6 is 0 Å². The minimum atomic E-state index is -1.72. The van der Waals surface area contributed by atoms with Crippen LogP contribution in [0.4, 0.5) is 0 Å². The maximum absolute atomic E-state index is 13.7. The van der Waals surface area contributed by atoms with Crippen LogP contribution in [0, 0.1) is 10.8 Å². The van der Waals surface area contributed by atoms with Crippen molar-refractivity contribution < 1.29 is 38.9 Å². The van der Waals surface area contributed by atoms with Gasteiger partial charge in [0.15, 0.2) is 11.0 Å². The summed E-state index contributed by atoms with van der Waals surface area (Å²) in [6, 6.07) is 0. The van der Waals surface area contributed by atoms with E-state index in [0.717, 1.165) is 51.4 Å². The Morgan fingerprint density at radius 1 is 0.609 bits per heavy atom. The predicted molar refractivity (Wildman–Crippen MR) is 180 cm³/mol. The molecule has 9 nitrogen and oxygen atoms in total. The van der Waals surface area contributed by atoms with Gasteiger partial charge in [0.2, 0.25) is 11.8 Å². The topological polar surface area (TPSA) is 138 Å². The molecule has 266 valence electrons. The summed E-state index contributed by atoms with van der Waals surface area (Å²) in [5.41, 5.74) is -4.62. The lowest BCUT2D eigenvalue weighted by atomic mass is 9.69. The number of unbranched alkanes of at least 4 members (excludes halogenated alkanes) is 14. The molecule has 1 atom stereocenters. The number of ether oxygens (including phenoxy) is 1. The summed E-state index contributed by atoms with van der Waals surface area (Å²) in [5.74, 6) is -3.67. The molecule has 1 heterocycles. The number of rotatable bonds is 24. The number of esters is 1. The molecule has 1 aliphatic heterocycles. The van der Waals surface area contributed by atoms with Gasteiger partial charge in [-0.25, -0.2) is 4.79 Å². The Morgan fingerprint density at radius 2 is 0.957 bits per heavy atom. The van der Waals surface area contributed by atoms with Crippen molar-refractivity contribution in [2.45, 2.75) is 194 Å². The van der Waals surface area contributed by atoms with Gasteiger partial charge in [0, 0.05) is 12.8 Å². The summed E-state index contributed by atoms with van der Waals surface area (Å²) in [4.78, 5) is 65.0. The molecule has 1 saturated heterocycles. The van der Waals surface area contributed by atoms with Crippen LogP contribution < -0.4 is 0 Å². The van der Waals surface area contributed by atoms with E-state index in [1.165, 1.54) is 37.0 Å². The first-order valence-corrected chi connectivity index (χ1v) is 18.0. The van der Waals surface area contributed by atoms with Crippen LogP contribution in [0.2, 0.25) is 0 Å². The fourth-order valence-corrected chi connectivity index (χ4v) is 6.76. The van der Waals surface area contributed by atoms with E-state index < -0.39 is 39.9 Å². The lowest BCUT2D eigenvalue weighted by molar-refractivity contribution is -0.185. The molecule has 0 aliphatic carbocycles. The molecule has 2 N–H and O–H groups in total. The number of likely N-dealkylation sites (tertiary alicyclic amines) is 1. The van der Waals surface area contributed by atoms with Gasteiger partial charge in [-0.05, 0) is 45.4 Å². The van der Waals surface area contributed by atoms with Crippen molar-refractivity contribution in [2.24, 2.45) is 10.8 Å². The summed E-state index contributed by atoms with van der Waals surface area (Å²) in [6.45, 7) is 13.2. The Morgan fingerprint density at radius 3 is 1.28 bits per heavy atom. The molecule has 9 heteroatoms. The van der Waals surface area contributed by atoms with Gasteiger partial charge in [-0.15, -0.1) is 0 Å². The van der Waals surface area contributed by atoms with Gasteiger partial charge >= 0.3 is 17.9 Å². The van der Waals surface area contributed by atoms with Gasteiger partial charge in [-0.2, -0.15) is 0 Å². The van der Waals surface area contributed by atoms with Crippen molar-refractivity contribution in [3.8, 4) is 0 Å². The Bertz CT molecular complexity index is 962. The van der Waals surface area contributed by atoms with Gasteiger partial charge in [0.25, 0.3) is 0 Å². The third-order valence-electron chi connectivity index (χ3n) is 9.58. The molecule has 1 aliphatic rings. The normalized spacial score (nSPS) is 15.7. The highest BCUT2D eigenvalue weighted by Crippen LogP contribution is 2.44. The minimum absolute atomic E-state index is 0.101. The predicted octanol–water partition coefficient (Wildman–Crippen LogP) is 8.85. The summed E-state index contributed by atoms with van der Waals surface area (Å²) in [6.07, 6.45) is 15.9. The molecule has 0 radical (unpaired) electrons. The van der Waals surface area contributed by atoms with Crippen LogP contribution in [0.15, 0.2) is 0 Å². The number of nitrogens with zero attached hydrogens (tertiary/aromatic N) is 1. The van der Waals surface area contributed by atoms with E-state index in [1.54, 1.807) is 20.8 Å². The summed E-state index contributed by atoms with van der Waals surface area (Å²) in [5, 5.41) is 19.8. The van der Waals surface area contributed by atoms with E-state index in [-0.39, 0.29) is 37.5 Å². The molecule has 0 saturated carbocycles. The van der Waals surface area contributed by atoms with Crippen LogP contribution in [-0.4, -0.2) is 56.0 Å². The van der Waals surface area contributed by atoms with E-state index in [9.17, 15) is 34.2 Å². The van der Waals surface area contributed by atoms with E-state index in [1.807, 2.05) is 20.8 Å². The lowest BCUT2D eigenvalue weighted by Gasteiger charge is -2.48. The third kappa shape index (κ3) is 12.3. The highest BCUT2D eigenvalue weighted by Gasteiger charge is 2.59. The monoisotopic (exact) mass is 651 g/mol. The van der Waals surface area contributed by atoms with Crippen molar-refractivity contribution in [1.82, 2.24) is 4.90 Å². The van der Waals surface area contributed by atoms with Crippen molar-refractivity contribution in [3.63, 3.8) is 0 Å². The number of carboxylic acids is 2. The number of amides is 2. The number of aliphatic carboxylic acids is 2. The third-order valence-corrected chi connectivity index (χ3v) is 9.58. The van der Waals surface area contributed by atoms with Crippen LogP contribution in [-0.2, 0) is 28.7 Å². The molecule has 1 unspecified atom stereocenters. The summed E-state index contributed by atoms with van der Waals surface area (Å²) in [7, 11) is 0. The molecule has 0 aromatic heterocycles. The van der Waals surface area contributed by atoms with Crippen LogP contribution in [0.1, 0.15) is 183 Å². The van der Waals surface area contributed by atoms with Crippen molar-refractivity contribution in [2.75, 3.05) is 0 Å². The maximum Gasteiger partial charge on any atom is 0.333 e. The first-order chi connectivity index (χ1) is 21.5. The highest BCUT2D eigenvalue weighted by molar-refractivity contribution is 6.06. The number of carbonyl (C=O) groups is 5. The number of imide groups is 1. The highest BCUT2D eigenvalue weighted by atomic mass is 16.6. The van der Waals surface area contributed by atoms with E-state index in [4.69, 9.17) is 4.74 Å². The standard InChI is InChI=1S/C37H65NO8/c1-8-9-10-11-12-13-15-18-21-26-36(31(41)42,32(43)44)27-22-19-16-14-17-20-23-28-37(34(2,3)4,33(45)46-35(5,6)7)38-29(39)24-25-30(38)40/h8-28H2,1-7H3,(H,41,42)(H,43,44). The molecule has 2 amide bonds. The Balaban J connectivity index is 2.62. The van der Waals surface area contributed by atoms with Crippen molar-refractivity contribution in [1.29, 1.82) is 0 Å².